The van der Waals surface area contributed by atoms with Gasteiger partial charge in [0.25, 0.3) is 0 Å². The van der Waals surface area contributed by atoms with Crippen molar-refractivity contribution in [1.29, 1.82) is 0 Å². The maximum Gasteiger partial charge on any atom is 0.119 e. The highest BCUT2D eigenvalue weighted by Crippen LogP contribution is 2.52. The molecule has 3 aliphatic rings. The van der Waals surface area contributed by atoms with Crippen LogP contribution in [0.15, 0.2) is 24.3 Å². The number of ether oxygens (including phenoxy) is 1. The Morgan fingerprint density at radius 3 is 2.45 bits per heavy atom. The number of hydrogen-bond donors (Lipinski definition) is 0. The Morgan fingerprint density at radius 1 is 1.05 bits per heavy atom. The standard InChI is InChI=1S/C19H28O/c1-4-14-5-8-17(9-6-14)20-18-10-7-15-11-16(12-18)19(15)13(2)3/h5-6,8-9,13,15-16,18-19H,4,7,10-12H2,1-3H3. The van der Waals surface area contributed by atoms with Crippen LogP contribution in [-0.4, -0.2) is 6.10 Å². The molecule has 0 saturated heterocycles. The Bertz CT molecular complexity index is 434. The summed E-state index contributed by atoms with van der Waals surface area (Å²) in [4.78, 5) is 0. The van der Waals surface area contributed by atoms with Gasteiger partial charge in [-0.05, 0) is 73.5 Å². The van der Waals surface area contributed by atoms with Crippen LogP contribution in [0.3, 0.4) is 0 Å². The Hall–Kier alpha value is -0.980. The summed E-state index contributed by atoms with van der Waals surface area (Å²) in [6.07, 6.45) is 6.90. The maximum atomic E-state index is 6.26. The molecule has 2 bridgehead atoms. The molecule has 4 atom stereocenters. The van der Waals surface area contributed by atoms with Crippen LogP contribution in [0.25, 0.3) is 0 Å². The van der Waals surface area contributed by atoms with Crippen molar-refractivity contribution in [3.05, 3.63) is 29.8 Å². The minimum absolute atomic E-state index is 0.446. The van der Waals surface area contributed by atoms with Crippen LogP contribution >= 0.6 is 0 Å². The minimum Gasteiger partial charge on any atom is -0.490 e. The first kappa shape index (κ1) is 14.0. The highest BCUT2D eigenvalue weighted by atomic mass is 16.5. The van der Waals surface area contributed by atoms with Gasteiger partial charge in [0.2, 0.25) is 0 Å². The summed E-state index contributed by atoms with van der Waals surface area (Å²) in [6.45, 7) is 6.99. The highest BCUT2D eigenvalue weighted by molar-refractivity contribution is 5.27. The van der Waals surface area contributed by atoms with Gasteiger partial charge in [-0.1, -0.05) is 32.9 Å². The van der Waals surface area contributed by atoms with E-state index in [0.717, 1.165) is 35.8 Å². The minimum atomic E-state index is 0.446. The molecule has 0 radical (unpaired) electrons. The van der Waals surface area contributed by atoms with Crippen molar-refractivity contribution < 1.29 is 4.74 Å². The molecule has 1 heteroatoms. The van der Waals surface area contributed by atoms with Gasteiger partial charge < -0.3 is 4.74 Å². The van der Waals surface area contributed by atoms with Crippen LogP contribution in [0.4, 0.5) is 0 Å². The fraction of sp³-hybridized carbons (Fsp3) is 0.684. The number of fused-ring (bicyclic) bond motifs is 3. The Morgan fingerprint density at radius 2 is 1.80 bits per heavy atom. The van der Waals surface area contributed by atoms with E-state index in [9.17, 15) is 0 Å². The second kappa shape index (κ2) is 5.79. The number of benzene rings is 1. The molecule has 0 amide bonds. The molecule has 1 aromatic carbocycles. The summed E-state index contributed by atoms with van der Waals surface area (Å²) in [5, 5.41) is 0. The van der Waals surface area contributed by atoms with E-state index in [1.54, 1.807) is 0 Å². The summed E-state index contributed by atoms with van der Waals surface area (Å²) >= 11 is 0. The Kier molecular flexibility index (Phi) is 4.05. The first-order valence-corrected chi connectivity index (χ1v) is 8.43. The SMILES string of the molecule is CCc1ccc(OC2CCC3CC(C2)C3C(C)C)cc1. The summed E-state index contributed by atoms with van der Waals surface area (Å²) in [7, 11) is 0. The monoisotopic (exact) mass is 272 g/mol. The quantitative estimate of drug-likeness (QED) is 0.742. The highest BCUT2D eigenvalue weighted by Gasteiger charge is 2.45. The van der Waals surface area contributed by atoms with Crippen molar-refractivity contribution in [3.8, 4) is 5.75 Å². The lowest BCUT2D eigenvalue weighted by Crippen LogP contribution is -2.39. The van der Waals surface area contributed by atoms with Gasteiger partial charge in [0.1, 0.15) is 5.75 Å². The Balaban J connectivity index is 1.61. The fourth-order valence-corrected chi connectivity index (χ4v) is 4.50. The van der Waals surface area contributed by atoms with Gasteiger partial charge in [-0.15, -0.1) is 0 Å². The van der Waals surface area contributed by atoms with Gasteiger partial charge in [0, 0.05) is 0 Å². The van der Waals surface area contributed by atoms with Crippen LogP contribution in [0, 0.1) is 23.7 Å². The molecule has 4 rings (SSSR count). The average Bonchev–Trinajstić information content (AvgIpc) is 2.71. The summed E-state index contributed by atoms with van der Waals surface area (Å²) in [6, 6.07) is 8.69. The van der Waals surface area contributed by atoms with Crippen molar-refractivity contribution in [2.45, 2.75) is 59.0 Å². The molecule has 1 nitrogen and oxygen atoms in total. The zero-order chi connectivity index (χ0) is 14.1. The zero-order valence-electron chi connectivity index (χ0n) is 13.1. The normalized spacial score (nSPS) is 32.6. The van der Waals surface area contributed by atoms with Crippen molar-refractivity contribution in [1.82, 2.24) is 0 Å². The lowest BCUT2D eigenvalue weighted by atomic mass is 9.59. The predicted octanol–water partition coefficient (Wildman–Crippen LogP) is 5.09. The van der Waals surface area contributed by atoms with Crippen molar-refractivity contribution >= 4 is 0 Å². The lowest BCUT2D eigenvalue weighted by Gasteiger charge is -2.46. The van der Waals surface area contributed by atoms with Crippen LogP contribution < -0.4 is 4.74 Å². The first-order chi connectivity index (χ1) is 9.67. The summed E-state index contributed by atoms with van der Waals surface area (Å²) in [5.41, 5.74) is 1.39. The van der Waals surface area contributed by atoms with Gasteiger partial charge in [-0.2, -0.15) is 0 Å². The van der Waals surface area contributed by atoms with Crippen molar-refractivity contribution in [2.75, 3.05) is 0 Å². The molecular weight excluding hydrogens is 244 g/mol. The molecule has 4 unspecified atom stereocenters. The van der Waals surface area contributed by atoms with Crippen LogP contribution in [0.1, 0.15) is 52.0 Å². The zero-order valence-corrected chi connectivity index (χ0v) is 13.1. The topological polar surface area (TPSA) is 9.23 Å². The average molecular weight is 272 g/mol. The van der Waals surface area contributed by atoms with E-state index in [2.05, 4.69) is 45.0 Å². The van der Waals surface area contributed by atoms with E-state index in [1.807, 2.05) is 0 Å². The largest absolute Gasteiger partial charge is 0.490 e. The third-order valence-corrected chi connectivity index (χ3v) is 5.52. The molecule has 0 spiro atoms. The molecule has 0 N–H and O–H groups in total. The van der Waals surface area contributed by atoms with Gasteiger partial charge in [0.15, 0.2) is 0 Å². The molecule has 1 aromatic rings. The lowest BCUT2D eigenvalue weighted by molar-refractivity contribution is 0.0272. The van der Waals surface area contributed by atoms with Crippen LogP contribution in [0.2, 0.25) is 0 Å². The first-order valence-electron chi connectivity index (χ1n) is 8.43. The smallest absolute Gasteiger partial charge is 0.119 e. The van der Waals surface area contributed by atoms with E-state index in [-0.39, 0.29) is 0 Å². The second-order valence-corrected chi connectivity index (χ2v) is 7.13. The molecule has 0 heterocycles. The van der Waals surface area contributed by atoms with E-state index < -0.39 is 0 Å². The van der Waals surface area contributed by atoms with Crippen molar-refractivity contribution in [2.24, 2.45) is 23.7 Å². The summed E-state index contributed by atoms with van der Waals surface area (Å²) in [5.74, 6) is 4.78. The molecule has 20 heavy (non-hydrogen) atoms. The molecule has 3 aliphatic carbocycles. The second-order valence-electron chi connectivity index (χ2n) is 7.13. The maximum absolute atomic E-state index is 6.26. The van der Waals surface area contributed by atoms with Crippen LogP contribution in [-0.2, 0) is 6.42 Å². The predicted molar refractivity (Wildman–Crippen MR) is 84.0 cm³/mol. The number of rotatable bonds is 4. The Labute approximate surface area is 123 Å². The summed E-state index contributed by atoms with van der Waals surface area (Å²) < 4.78 is 6.26. The number of aryl methyl sites for hydroxylation is 1. The van der Waals surface area contributed by atoms with E-state index in [0.29, 0.717) is 6.10 Å². The van der Waals surface area contributed by atoms with Crippen molar-refractivity contribution in [3.63, 3.8) is 0 Å². The molecule has 3 saturated carbocycles. The van der Waals surface area contributed by atoms with E-state index in [4.69, 9.17) is 4.74 Å². The third-order valence-electron chi connectivity index (χ3n) is 5.52. The fourth-order valence-electron chi connectivity index (χ4n) is 4.50. The van der Waals surface area contributed by atoms with Gasteiger partial charge in [-0.3, -0.25) is 0 Å². The molecule has 0 aromatic heterocycles. The molecular formula is C19H28O. The van der Waals surface area contributed by atoms with Gasteiger partial charge in [-0.25, -0.2) is 0 Å². The number of hydrogen-bond acceptors (Lipinski definition) is 1. The molecule has 3 fully saturated rings. The molecule has 0 aliphatic heterocycles. The third kappa shape index (κ3) is 2.73. The van der Waals surface area contributed by atoms with Gasteiger partial charge in [0.05, 0.1) is 6.10 Å². The molecule has 110 valence electrons. The van der Waals surface area contributed by atoms with Crippen LogP contribution in [0.5, 0.6) is 5.75 Å². The van der Waals surface area contributed by atoms with E-state index >= 15 is 0 Å². The van der Waals surface area contributed by atoms with E-state index in [1.165, 1.54) is 31.2 Å². The van der Waals surface area contributed by atoms with Gasteiger partial charge >= 0.3 is 0 Å².